The molecule has 0 saturated carbocycles. The summed E-state index contributed by atoms with van der Waals surface area (Å²) in [5.74, 6) is 1.13. The standard InChI is InChI=1S/C28H30F3N7O/c1-17(2)15-38-16-20(13-34-38)25-14-33-27(36-23-9-21(28(29,30)31)10-24(11-23)39-3)37-26(25)35-22-5-4-18-6-7-32-12-19(18)8-22/h4-5,8-11,13-14,16-17,32H,6-7,12,15H2,1-3H3,(H2,33,35,36,37). The van der Waals surface area contributed by atoms with Crippen molar-refractivity contribution in [1.29, 1.82) is 0 Å². The van der Waals surface area contributed by atoms with Crippen molar-refractivity contribution in [3.8, 4) is 16.9 Å². The lowest BCUT2D eigenvalue weighted by Gasteiger charge is -2.19. The predicted molar refractivity (Wildman–Crippen MR) is 145 cm³/mol. The highest BCUT2D eigenvalue weighted by molar-refractivity contribution is 5.78. The van der Waals surface area contributed by atoms with E-state index in [0.29, 0.717) is 17.3 Å². The van der Waals surface area contributed by atoms with Crippen LogP contribution in [0.4, 0.5) is 36.3 Å². The molecule has 2 aromatic carbocycles. The van der Waals surface area contributed by atoms with E-state index in [1.54, 1.807) is 12.4 Å². The first kappa shape index (κ1) is 26.5. The average molecular weight is 538 g/mol. The van der Waals surface area contributed by atoms with Crippen molar-refractivity contribution in [3.63, 3.8) is 0 Å². The summed E-state index contributed by atoms with van der Waals surface area (Å²) in [5, 5.41) is 14.2. The van der Waals surface area contributed by atoms with Gasteiger partial charge in [-0.05, 0) is 54.3 Å². The van der Waals surface area contributed by atoms with Crippen LogP contribution < -0.4 is 20.7 Å². The summed E-state index contributed by atoms with van der Waals surface area (Å²) in [4.78, 5) is 9.07. The second kappa shape index (κ2) is 10.9. The number of fused-ring (bicyclic) bond motifs is 1. The van der Waals surface area contributed by atoms with E-state index in [0.717, 1.165) is 49.4 Å². The van der Waals surface area contributed by atoms with Crippen LogP contribution in [0, 0.1) is 5.92 Å². The van der Waals surface area contributed by atoms with E-state index in [-0.39, 0.29) is 17.4 Å². The van der Waals surface area contributed by atoms with Crippen LogP contribution in [0.3, 0.4) is 0 Å². The van der Waals surface area contributed by atoms with E-state index < -0.39 is 11.7 Å². The first-order valence-electron chi connectivity index (χ1n) is 12.7. The molecule has 0 atom stereocenters. The second-order valence-electron chi connectivity index (χ2n) is 9.91. The molecule has 3 N–H and O–H groups in total. The minimum atomic E-state index is -4.53. The van der Waals surface area contributed by atoms with Crippen molar-refractivity contribution in [2.24, 2.45) is 5.92 Å². The lowest BCUT2D eigenvalue weighted by atomic mass is 10.0. The van der Waals surface area contributed by atoms with Gasteiger partial charge in [0.15, 0.2) is 0 Å². The summed E-state index contributed by atoms with van der Waals surface area (Å²) in [6.45, 7) is 6.73. The Morgan fingerprint density at radius 2 is 1.90 bits per heavy atom. The number of alkyl halides is 3. The SMILES string of the molecule is COc1cc(Nc2ncc(-c3cnn(CC(C)C)c3)c(Nc3ccc4c(c3)CNCC4)n2)cc(C(F)(F)F)c1. The Morgan fingerprint density at radius 1 is 1.05 bits per heavy atom. The average Bonchev–Trinajstić information content (AvgIpc) is 3.35. The fourth-order valence-corrected chi connectivity index (χ4v) is 4.50. The highest BCUT2D eigenvalue weighted by Gasteiger charge is 2.31. The number of hydrogen-bond acceptors (Lipinski definition) is 7. The zero-order valence-corrected chi connectivity index (χ0v) is 21.9. The summed E-state index contributed by atoms with van der Waals surface area (Å²) in [6.07, 6.45) is 1.77. The summed E-state index contributed by atoms with van der Waals surface area (Å²) in [7, 11) is 1.32. The first-order valence-corrected chi connectivity index (χ1v) is 12.7. The molecule has 8 nitrogen and oxygen atoms in total. The Kier molecular flexibility index (Phi) is 7.42. The number of methoxy groups -OCH3 is 1. The number of hydrogen-bond donors (Lipinski definition) is 3. The van der Waals surface area contributed by atoms with Crippen molar-refractivity contribution in [2.45, 2.75) is 39.5 Å². The highest BCUT2D eigenvalue weighted by atomic mass is 19.4. The molecular formula is C28H30F3N7O. The van der Waals surface area contributed by atoms with Crippen LogP contribution in [0.5, 0.6) is 5.75 Å². The molecule has 0 radical (unpaired) electrons. The van der Waals surface area contributed by atoms with Crippen LogP contribution in [0.1, 0.15) is 30.5 Å². The number of nitrogens with zero attached hydrogens (tertiary/aromatic N) is 4. The van der Waals surface area contributed by atoms with Crippen LogP contribution in [0.2, 0.25) is 0 Å². The van der Waals surface area contributed by atoms with Crippen molar-refractivity contribution in [2.75, 3.05) is 24.3 Å². The second-order valence-corrected chi connectivity index (χ2v) is 9.91. The minimum absolute atomic E-state index is 0.0718. The molecule has 1 aliphatic rings. The molecule has 3 heterocycles. The van der Waals surface area contributed by atoms with Gasteiger partial charge in [0.2, 0.25) is 5.95 Å². The van der Waals surface area contributed by atoms with Crippen LogP contribution in [-0.4, -0.2) is 33.4 Å². The quantitative estimate of drug-likeness (QED) is 0.248. The van der Waals surface area contributed by atoms with Crippen molar-refractivity contribution < 1.29 is 17.9 Å². The monoisotopic (exact) mass is 537 g/mol. The van der Waals surface area contributed by atoms with Gasteiger partial charge in [-0.2, -0.15) is 23.3 Å². The van der Waals surface area contributed by atoms with Gasteiger partial charge in [-0.15, -0.1) is 0 Å². The Morgan fingerprint density at radius 3 is 2.67 bits per heavy atom. The van der Waals surface area contributed by atoms with E-state index in [2.05, 4.69) is 57.0 Å². The third kappa shape index (κ3) is 6.31. The number of ether oxygens (including phenoxy) is 1. The smallest absolute Gasteiger partial charge is 0.416 e. The third-order valence-corrected chi connectivity index (χ3v) is 6.37. The van der Waals surface area contributed by atoms with Gasteiger partial charge >= 0.3 is 6.18 Å². The summed E-state index contributed by atoms with van der Waals surface area (Å²) >= 11 is 0. The van der Waals surface area contributed by atoms with Crippen LogP contribution in [-0.2, 0) is 25.7 Å². The molecular weight excluding hydrogens is 507 g/mol. The molecule has 4 aromatic rings. The first-order chi connectivity index (χ1) is 18.7. The molecule has 0 saturated heterocycles. The molecule has 11 heteroatoms. The maximum absolute atomic E-state index is 13.4. The Labute approximate surface area is 224 Å². The lowest BCUT2D eigenvalue weighted by molar-refractivity contribution is -0.137. The number of halogens is 3. The lowest BCUT2D eigenvalue weighted by Crippen LogP contribution is -2.23. The number of rotatable bonds is 8. The fraction of sp³-hybridized carbons (Fsp3) is 0.321. The van der Waals surface area contributed by atoms with E-state index in [9.17, 15) is 13.2 Å². The van der Waals surface area contributed by atoms with Crippen molar-refractivity contribution >= 4 is 23.1 Å². The van der Waals surface area contributed by atoms with Gasteiger partial charge in [0.1, 0.15) is 11.6 Å². The summed E-state index contributed by atoms with van der Waals surface area (Å²) in [5.41, 5.74) is 4.22. The Balaban J connectivity index is 1.51. The van der Waals surface area contributed by atoms with Crippen molar-refractivity contribution in [3.05, 3.63) is 71.7 Å². The molecule has 0 bridgehead atoms. The molecule has 0 amide bonds. The third-order valence-electron chi connectivity index (χ3n) is 6.37. The molecule has 0 spiro atoms. The maximum Gasteiger partial charge on any atom is 0.416 e. The molecule has 204 valence electrons. The molecule has 5 rings (SSSR count). The van der Waals surface area contributed by atoms with E-state index >= 15 is 0 Å². The fourth-order valence-electron chi connectivity index (χ4n) is 4.50. The van der Waals surface area contributed by atoms with Crippen LogP contribution in [0.15, 0.2) is 55.0 Å². The topological polar surface area (TPSA) is 88.9 Å². The van der Waals surface area contributed by atoms with Gasteiger partial charge in [0.05, 0.1) is 18.9 Å². The number of nitrogens with one attached hydrogen (secondary N) is 3. The van der Waals surface area contributed by atoms with Gasteiger partial charge in [0, 0.05) is 54.1 Å². The molecule has 39 heavy (non-hydrogen) atoms. The number of benzene rings is 2. The van der Waals surface area contributed by atoms with Crippen LogP contribution in [0.25, 0.3) is 11.1 Å². The zero-order chi connectivity index (χ0) is 27.6. The molecule has 0 fully saturated rings. The van der Waals surface area contributed by atoms with Gasteiger partial charge in [-0.1, -0.05) is 19.9 Å². The number of anilines is 4. The van der Waals surface area contributed by atoms with Crippen molar-refractivity contribution in [1.82, 2.24) is 25.1 Å². The minimum Gasteiger partial charge on any atom is -0.497 e. The van der Waals surface area contributed by atoms with E-state index in [1.165, 1.54) is 24.3 Å². The van der Waals surface area contributed by atoms with Gasteiger partial charge in [-0.3, -0.25) is 4.68 Å². The van der Waals surface area contributed by atoms with Gasteiger partial charge < -0.3 is 20.7 Å². The molecule has 0 aliphatic carbocycles. The zero-order valence-electron chi connectivity index (χ0n) is 21.9. The molecule has 1 aliphatic heterocycles. The molecule has 0 unspecified atom stereocenters. The Bertz CT molecular complexity index is 1470. The summed E-state index contributed by atoms with van der Waals surface area (Å²) < 4.78 is 47.2. The highest BCUT2D eigenvalue weighted by Crippen LogP contribution is 2.35. The van der Waals surface area contributed by atoms with Gasteiger partial charge in [0.25, 0.3) is 0 Å². The largest absolute Gasteiger partial charge is 0.497 e. The maximum atomic E-state index is 13.4. The molecule has 2 aromatic heterocycles. The van der Waals surface area contributed by atoms with Gasteiger partial charge in [-0.25, -0.2) is 4.98 Å². The Hall–Kier alpha value is -4.12. The number of aromatic nitrogens is 4. The summed E-state index contributed by atoms with van der Waals surface area (Å²) in [6, 6.07) is 9.60. The van der Waals surface area contributed by atoms with E-state index in [4.69, 9.17) is 4.74 Å². The predicted octanol–water partition coefficient (Wildman–Crippen LogP) is 6.16. The van der Waals surface area contributed by atoms with Crippen LogP contribution >= 0.6 is 0 Å². The normalized spacial score (nSPS) is 13.3. The van der Waals surface area contributed by atoms with E-state index in [1.807, 2.05) is 16.9 Å².